The summed E-state index contributed by atoms with van der Waals surface area (Å²) in [5, 5.41) is 34.3. The van der Waals surface area contributed by atoms with Gasteiger partial charge in [-0.05, 0) is 30.5 Å². The standard InChI is InChI=1S/C23H32N6O10/c24-13(5-7-17(25)31)20(35)28-15(9-11-1-3-12(30)4-2-11)21(36)29-16(10-18(26)32)22(37)27-14(23(38)39)6-8-19(33)34/h1-4,13-16,30H,5-10,24H2,(H2,25,31)(H2,26,32)(H,27,37)(H,28,35)(H,29,36)(H,33,34)(H,38,39). The van der Waals surface area contributed by atoms with E-state index in [4.69, 9.17) is 22.3 Å². The Morgan fingerprint density at radius 1 is 0.718 bits per heavy atom. The summed E-state index contributed by atoms with van der Waals surface area (Å²) in [6, 6.07) is -0.338. The molecule has 0 saturated heterocycles. The molecule has 16 heteroatoms. The van der Waals surface area contributed by atoms with Gasteiger partial charge in [-0.1, -0.05) is 12.1 Å². The smallest absolute Gasteiger partial charge is 0.326 e. The number of nitrogens with two attached hydrogens (primary N) is 3. The average molecular weight is 553 g/mol. The second-order valence-corrected chi connectivity index (χ2v) is 8.61. The van der Waals surface area contributed by atoms with E-state index in [1.165, 1.54) is 24.3 Å². The molecule has 0 heterocycles. The number of benzene rings is 1. The maximum Gasteiger partial charge on any atom is 0.326 e. The predicted octanol–water partition coefficient (Wildman–Crippen LogP) is -3.19. The number of nitrogens with one attached hydrogen (secondary N) is 3. The van der Waals surface area contributed by atoms with Crippen molar-refractivity contribution in [2.75, 3.05) is 0 Å². The molecular weight excluding hydrogens is 520 g/mol. The van der Waals surface area contributed by atoms with Gasteiger partial charge in [-0.3, -0.25) is 28.8 Å². The third kappa shape index (κ3) is 12.4. The number of amides is 5. The Hall–Kier alpha value is -4.73. The minimum atomic E-state index is -1.68. The third-order valence-electron chi connectivity index (χ3n) is 5.35. The van der Waals surface area contributed by atoms with E-state index in [9.17, 15) is 43.8 Å². The Bertz CT molecular complexity index is 1080. The number of carbonyl (C=O) groups excluding carboxylic acids is 5. The van der Waals surface area contributed by atoms with Gasteiger partial charge in [0.1, 0.15) is 23.9 Å². The SMILES string of the molecule is NC(=O)CCC(N)C(=O)NC(Cc1ccc(O)cc1)C(=O)NC(CC(N)=O)C(=O)NC(CCC(=O)O)C(=O)O. The number of primary amides is 2. The number of phenols is 1. The summed E-state index contributed by atoms with van der Waals surface area (Å²) in [6.07, 6.45) is -2.29. The molecule has 1 rings (SSSR count). The van der Waals surface area contributed by atoms with Crippen LogP contribution in [0.15, 0.2) is 24.3 Å². The normalized spacial score (nSPS) is 13.7. The van der Waals surface area contributed by atoms with Crippen molar-refractivity contribution >= 4 is 41.5 Å². The monoisotopic (exact) mass is 552 g/mol. The van der Waals surface area contributed by atoms with Crippen molar-refractivity contribution in [1.82, 2.24) is 16.0 Å². The fraction of sp³-hybridized carbons (Fsp3) is 0.435. The maximum absolute atomic E-state index is 13.2. The van der Waals surface area contributed by atoms with Crippen LogP contribution < -0.4 is 33.2 Å². The molecule has 12 N–H and O–H groups in total. The van der Waals surface area contributed by atoms with Gasteiger partial charge in [0.25, 0.3) is 0 Å². The number of carboxylic acid groups (broad SMARTS) is 2. The zero-order valence-corrected chi connectivity index (χ0v) is 20.8. The van der Waals surface area contributed by atoms with E-state index in [1.54, 1.807) is 0 Å². The van der Waals surface area contributed by atoms with Crippen molar-refractivity contribution in [1.29, 1.82) is 0 Å². The van der Waals surface area contributed by atoms with Crippen molar-refractivity contribution in [2.45, 2.75) is 62.7 Å². The topological polar surface area (TPSA) is 294 Å². The Morgan fingerprint density at radius 3 is 1.77 bits per heavy atom. The zero-order valence-electron chi connectivity index (χ0n) is 20.8. The van der Waals surface area contributed by atoms with E-state index >= 15 is 0 Å². The zero-order chi connectivity index (χ0) is 29.7. The fourth-order valence-electron chi connectivity index (χ4n) is 3.26. The Morgan fingerprint density at radius 2 is 1.26 bits per heavy atom. The van der Waals surface area contributed by atoms with Gasteiger partial charge in [-0.25, -0.2) is 4.79 Å². The second kappa shape index (κ2) is 15.5. The molecular formula is C23H32N6O10. The van der Waals surface area contributed by atoms with Crippen LogP contribution in [0.3, 0.4) is 0 Å². The van der Waals surface area contributed by atoms with Crippen LogP contribution in [-0.4, -0.2) is 81.0 Å². The van der Waals surface area contributed by atoms with Gasteiger partial charge >= 0.3 is 11.9 Å². The molecule has 214 valence electrons. The lowest BCUT2D eigenvalue weighted by Crippen LogP contribution is -2.58. The van der Waals surface area contributed by atoms with Gasteiger partial charge in [0.05, 0.1) is 12.5 Å². The first-order valence-corrected chi connectivity index (χ1v) is 11.6. The van der Waals surface area contributed by atoms with Crippen molar-refractivity contribution in [3.05, 3.63) is 29.8 Å². The number of hydrogen-bond donors (Lipinski definition) is 9. The van der Waals surface area contributed by atoms with Crippen LogP contribution in [0.1, 0.15) is 37.7 Å². The van der Waals surface area contributed by atoms with Gasteiger partial charge in [0, 0.05) is 19.3 Å². The molecule has 5 amide bonds. The van der Waals surface area contributed by atoms with Crippen LogP contribution in [0.5, 0.6) is 5.75 Å². The molecule has 0 radical (unpaired) electrons. The van der Waals surface area contributed by atoms with Gasteiger partial charge in [-0.15, -0.1) is 0 Å². The third-order valence-corrected chi connectivity index (χ3v) is 5.35. The van der Waals surface area contributed by atoms with Crippen LogP contribution in [0.25, 0.3) is 0 Å². The van der Waals surface area contributed by atoms with Crippen molar-refractivity contribution in [3.63, 3.8) is 0 Å². The van der Waals surface area contributed by atoms with Crippen LogP contribution in [0.4, 0.5) is 0 Å². The number of carboxylic acids is 2. The van der Waals surface area contributed by atoms with E-state index in [2.05, 4.69) is 16.0 Å². The minimum absolute atomic E-state index is 0.0636. The summed E-state index contributed by atoms with van der Waals surface area (Å²) in [6.45, 7) is 0. The Balaban J connectivity index is 3.14. The number of aliphatic carboxylic acids is 2. The highest BCUT2D eigenvalue weighted by Gasteiger charge is 2.31. The maximum atomic E-state index is 13.2. The summed E-state index contributed by atoms with van der Waals surface area (Å²) in [5.41, 5.74) is 16.5. The van der Waals surface area contributed by atoms with Crippen molar-refractivity contribution in [2.24, 2.45) is 17.2 Å². The molecule has 0 aliphatic carbocycles. The lowest BCUT2D eigenvalue weighted by Gasteiger charge is -2.25. The predicted molar refractivity (Wildman–Crippen MR) is 132 cm³/mol. The van der Waals surface area contributed by atoms with Crippen LogP contribution in [0, 0.1) is 0 Å². The molecule has 1 aromatic carbocycles. The molecule has 0 aliphatic rings. The number of phenolic OH excluding ortho intramolecular Hbond substituents is 1. The molecule has 16 nitrogen and oxygen atoms in total. The Labute approximate surface area is 222 Å². The van der Waals surface area contributed by atoms with Gasteiger partial charge in [-0.2, -0.15) is 0 Å². The summed E-state index contributed by atoms with van der Waals surface area (Å²) in [7, 11) is 0. The molecule has 0 aromatic heterocycles. The fourth-order valence-corrected chi connectivity index (χ4v) is 3.26. The highest BCUT2D eigenvalue weighted by molar-refractivity contribution is 5.96. The van der Waals surface area contributed by atoms with Gasteiger partial charge in [0.2, 0.25) is 29.5 Å². The molecule has 4 unspecified atom stereocenters. The first-order chi connectivity index (χ1) is 18.2. The summed E-state index contributed by atoms with van der Waals surface area (Å²) in [5.74, 6) is -7.57. The summed E-state index contributed by atoms with van der Waals surface area (Å²) < 4.78 is 0. The lowest BCUT2D eigenvalue weighted by molar-refractivity contribution is -0.143. The summed E-state index contributed by atoms with van der Waals surface area (Å²) >= 11 is 0. The van der Waals surface area contributed by atoms with E-state index < -0.39 is 84.9 Å². The van der Waals surface area contributed by atoms with Crippen molar-refractivity contribution < 1.29 is 48.9 Å². The number of rotatable bonds is 17. The van der Waals surface area contributed by atoms with E-state index in [0.29, 0.717) is 5.56 Å². The highest BCUT2D eigenvalue weighted by atomic mass is 16.4. The van der Waals surface area contributed by atoms with Crippen LogP contribution in [-0.2, 0) is 40.0 Å². The highest BCUT2D eigenvalue weighted by Crippen LogP contribution is 2.12. The largest absolute Gasteiger partial charge is 0.508 e. The van der Waals surface area contributed by atoms with Crippen LogP contribution in [0.2, 0.25) is 0 Å². The molecule has 4 atom stereocenters. The van der Waals surface area contributed by atoms with Crippen LogP contribution >= 0.6 is 0 Å². The van der Waals surface area contributed by atoms with Gasteiger partial charge < -0.3 is 48.5 Å². The molecule has 0 saturated carbocycles. The quantitative estimate of drug-likeness (QED) is 0.0927. The molecule has 0 fully saturated rings. The van der Waals surface area contributed by atoms with Gasteiger partial charge in [0.15, 0.2) is 0 Å². The lowest BCUT2D eigenvalue weighted by atomic mass is 10.0. The first kappa shape index (κ1) is 32.3. The van der Waals surface area contributed by atoms with E-state index in [1.807, 2.05) is 0 Å². The number of aromatic hydroxyl groups is 1. The molecule has 39 heavy (non-hydrogen) atoms. The van der Waals surface area contributed by atoms with E-state index in [-0.39, 0.29) is 25.0 Å². The molecule has 1 aromatic rings. The van der Waals surface area contributed by atoms with E-state index in [0.717, 1.165) is 0 Å². The molecule has 0 bridgehead atoms. The summed E-state index contributed by atoms with van der Waals surface area (Å²) in [4.78, 5) is 83.3. The number of hydrogen-bond acceptors (Lipinski definition) is 9. The number of carbonyl (C=O) groups is 7. The Kier molecular flexibility index (Phi) is 12.8. The second-order valence-electron chi connectivity index (χ2n) is 8.61. The minimum Gasteiger partial charge on any atom is -0.508 e. The van der Waals surface area contributed by atoms with Crippen molar-refractivity contribution in [3.8, 4) is 5.75 Å². The molecule has 0 spiro atoms. The first-order valence-electron chi connectivity index (χ1n) is 11.6. The average Bonchev–Trinajstić information content (AvgIpc) is 2.84. The molecule has 0 aliphatic heterocycles.